The first-order chi connectivity index (χ1) is 4.56. The van der Waals surface area contributed by atoms with Crippen molar-refractivity contribution in [2.24, 2.45) is 5.11 Å². The van der Waals surface area contributed by atoms with Gasteiger partial charge >= 0.3 is 0 Å². The minimum Gasteiger partial charge on any atom is -0.299 e. The first-order valence-corrected chi connectivity index (χ1v) is 3.30. The zero-order valence-electron chi connectivity index (χ0n) is 7.00. The van der Waals surface area contributed by atoms with Crippen LogP contribution in [0.5, 0.6) is 0 Å². The van der Waals surface area contributed by atoms with Crippen LogP contribution < -0.4 is 0 Å². The Morgan fingerprint density at radius 3 is 2.20 bits per heavy atom. The molecule has 0 fully saturated rings. The SMILES string of the molecule is CCC(C)(N=[N+]=[N-])N(C)C. The van der Waals surface area contributed by atoms with Crippen LogP contribution in [0.2, 0.25) is 0 Å². The van der Waals surface area contributed by atoms with E-state index in [0.717, 1.165) is 6.42 Å². The van der Waals surface area contributed by atoms with Crippen molar-refractivity contribution in [2.75, 3.05) is 14.1 Å². The lowest BCUT2D eigenvalue weighted by Crippen LogP contribution is -2.38. The molecule has 0 spiro atoms. The van der Waals surface area contributed by atoms with Gasteiger partial charge in [-0.2, -0.15) is 0 Å². The van der Waals surface area contributed by atoms with Crippen molar-refractivity contribution in [1.82, 2.24) is 4.90 Å². The van der Waals surface area contributed by atoms with Crippen LogP contribution >= 0.6 is 0 Å². The van der Waals surface area contributed by atoms with Crippen molar-refractivity contribution in [2.45, 2.75) is 25.9 Å². The average molecular weight is 142 g/mol. The molecule has 0 radical (unpaired) electrons. The third kappa shape index (κ3) is 1.90. The van der Waals surface area contributed by atoms with Gasteiger partial charge in [0.1, 0.15) is 0 Å². The maximum atomic E-state index is 8.21. The summed E-state index contributed by atoms with van der Waals surface area (Å²) in [6.07, 6.45) is 0.823. The van der Waals surface area contributed by atoms with E-state index < -0.39 is 0 Å². The molecule has 0 heterocycles. The van der Waals surface area contributed by atoms with Crippen LogP contribution in [-0.2, 0) is 0 Å². The van der Waals surface area contributed by atoms with E-state index in [-0.39, 0.29) is 5.66 Å². The molecule has 0 amide bonds. The van der Waals surface area contributed by atoms with Crippen LogP contribution in [0.15, 0.2) is 5.11 Å². The lowest BCUT2D eigenvalue weighted by atomic mass is 10.1. The smallest absolute Gasteiger partial charge is 0.0963 e. The number of rotatable bonds is 3. The van der Waals surface area contributed by atoms with Gasteiger partial charge < -0.3 is 0 Å². The Hall–Kier alpha value is -0.730. The standard InChI is InChI=1S/C6H14N4/c1-5-6(2,8-9-7)10(3)4/h5H2,1-4H3. The predicted octanol–water partition coefficient (Wildman–Crippen LogP) is 1.98. The van der Waals surface area contributed by atoms with E-state index in [9.17, 15) is 0 Å². The molecule has 58 valence electrons. The van der Waals surface area contributed by atoms with Crippen LogP contribution in [0.4, 0.5) is 0 Å². The Morgan fingerprint density at radius 1 is 1.60 bits per heavy atom. The molecular formula is C6H14N4. The number of hydrogen-bond donors (Lipinski definition) is 0. The molecule has 1 atom stereocenters. The van der Waals surface area contributed by atoms with Crippen LogP contribution in [0, 0.1) is 0 Å². The molecule has 0 aromatic carbocycles. The van der Waals surface area contributed by atoms with Crippen molar-refractivity contribution in [3.8, 4) is 0 Å². The van der Waals surface area contributed by atoms with Gasteiger partial charge in [0.25, 0.3) is 0 Å². The molecule has 0 aliphatic carbocycles. The van der Waals surface area contributed by atoms with E-state index >= 15 is 0 Å². The lowest BCUT2D eigenvalue weighted by Gasteiger charge is -2.29. The Morgan fingerprint density at radius 2 is 2.10 bits per heavy atom. The molecule has 1 unspecified atom stereocenters. The van der Waals surface area contributed by atoms with E-state index in [0.29, 0.717) is 0 Å². The summed E-state index contributed by atoms with van der Waals surface area (Å²) >= 11 is 0. The third-order valence-corrected chi connectivity index (χ3v) is 1.89. The van der Waals surface area contributed by atoms with Crippen LogP contribution in [0.25, 0.3) is 10.4 Å². The largest absolute Gasteiger partial charge is 0.299 e. The minimum atomic E-state index is -0.366. The fraction of sp³-hybridized carbons (Fsp3) is 1.00. The summed E-state index contributed by atoms with van der Waals surface area (Å²) < 4.78 is 0. The van der Waals surface area contributed by atoms with Crippen LogP contribution in [0.3, 0.4) is 0 Å². The van der Waals surface area contributed by atoms with Gasteiger partial charge in [0.2, 0.25) is 0 Å². The number of nitrogens with zero attached hydrogens (tertiary/aromatic N) is 4. The van der Waals surface area contributed by atoms with Gasteiger partial charge in [-0.3, -0.25) is 4.90 Å². The molecule has 4 nitrogen and oxygen atoms in total. The highest BCUT2D eigenvalue weighted by molar-refractivity contribution is 4.77. The van der Waals surface area contributed by atoms with E-state index in [1.165, 1.54) is 0 Å². The normalized spacial score (nSPS) is 16.1. The summed E-state index contributed by atoms with van der Waals surface area (Å²) in [5.74, 6) is 0. The van der Waals surface area contributed by atoms with Crippen molar-refractivity contribution < 1.29 is 0 Å². The number of hydrogen-bond acceptors (Lipinski definition) is 2. The highest BCUT2D eigenvalue weighted by Gasteiger charge is 2.21. The predicted molar refractivity (Wildman–Crippen MR) is 41.5 cm³/mol. The van der Waals surface area contributed by atoms with Crippen LogP contribution in [-0.4, -0.2) is 24.7 Å². The minimum absolute atomic E-state index is 0.366. The van der Waals surface area contributed by atoms with Gasteiger partial charge in [-0.15, -0.1) is 0 Å². The second-order valence-corrected chi connectivity index (χ2v) is 2.65. The van der Waals surface area contributed by atoms with Crippen molar-refractivity contribution in [1.29, 1.82) is 0 Å². The molecule has 4 heteroatoms. The number of azide groups is 1. The van der Waals surface area contributed by atoms with Gasteiger partial charge in [-0.05, 0) is 33.0 Å². The Balaban J connectivity index is 4.37. The zero-order valence-corrected chi connectivity index (χ0v) is 7.00. The monoisotopic (exact) mass is 142 g/mol. The quantitative estimate of drug-likeness (QED) is 0.337. The highest BCUT2D eigenvalue weighted by Crippen LogP contribution is 2.17. The zero-order chi connectivity index (χ0) is 8.20. The molecule has 10 heavy (non-hydrogen) atoms. The Labute approximate surface area is 61.5 Å². The molecule has 0 bridgehead atoms. The molecule has 0 N–H and O–H groups in total. The van der Waals surface area contributed by atoms with Crippen molar-refractivity contribution >= 4 is 0 Å². The first kappa shape index (κ1) is 9.27. The summed E-state index contributed by atoms with van der Waals surface area (Å²) in [5, 5.41) is 3.68. The van der Waals surface area contributed by atoms with Crippen molar-refractivity contribution in [3.05, 3.63) is 10.4 Å². The summed E-state index contributed by atoms with van der Waals surface area (Å²) in [7, 11) is 3.80. The van der Waals surface area contributed by atoms with E-state index in [1.807, 2.05) is 32.8 Å². The maximum Gasteiger partial charge on any atom is 0.0963 e. The second-order valence-electron chi connectivity index (χ2n) is 2.65. The van der Waals surface area contributed by atoms with Gasteiger partial charge in [-0.1, -0.05) is 12.0 Å². The van der Waals surface area contributed by atoms with Crippen molar-refractivity contribution in [3.63, 3.8) is 0 Å². The summed E-state index contributed by atoms with van der Waals surface area (Å²) in [6, 6.07) is 0. The van der Waals surface area contributed by atoms with Gasteiger partial charge in [-0.25, -0.2) is 0 Å². The highest BCUT2D eigenvalue weighted by atomic mass is 15.3. The Kier molecular flexibility index (Phi) is 3.19. The summed E-state index contributed by atoms with van der Waals surface area (Å²) in [6.45, 7) is 3.90. The van der Waals surface area contributed by atoms with Crippen LogP contribution in [0.1, 0.15) is 20.3 Å². The van der Waals surface area contributed by atoms with Gasteiger partial charge in [0.05, 0.1) is 5.66 Å². The van der Waals surface area contributed by atoms with E-state index in [4.69, 9.17) is 5.53 Å². The van der Waals surface area contributed by atoms with E-state index in [2.05, 4.69) is 10.0 Å². The molecule has 0 aliphatic heterocycles. The van der Waals surface area contributed by atoms with Gasteiger partial charge in [0.15, 0.2) is 0 Å². The fourth-order valence-electron chi connectivity index (χ4n) is 0.573. The molecule has 0 saturated carbocycles. The molecule has 0 rings (SSSR count). The first-order valence-electron chi connectivity index (χ1n) is 3.30. The average Bonchev–Trinajstić information content (AvgIpc) is 1.88. The van der Waals surface area contributed by atoms with E-state index in [1.54, 1.807) is 0 Å². The molecule has 0 saturated heterocycles. The topological polar surface area (TPSA) is 52.0 Å². The Bertz CT molecular complexity index is 148. The molecular weight excluding hydrogens is 128 g/mol. The maximum absolute atomic E-state index is 8.21. The third-order valence-electron chi connectivity index (χ3n) is 1.89. The molecule has 0 aromatic rings. The van der Waals surface area contributed by atoms with Gasteiger partial charge in [0, 0.05) is 4.91 Å². The summed E-state index contributed by atoms with van der Waals surface area (Å²) in [4.78, 5) is 4.69. The lowest BCUT2D eigenvalue weighted by molar-refractivity contribution is 0.175. The second kappa shape index (κ2) is 3.44. The summed E-state index contributed by atoms with van der Waals surface area (Å²) in [5.41, 5.74) is 7.85. The molecule has 0 aromatic heterocycles. The molecule has 0 aliphatic rings. The fourth-order valence-corrected chi connectivity index (χ4v) is 0.573.